The van der Waals surface area contributed by atoms with Crippen LogP contribution in [0.1, 0.15) is 32.2 Å². The zero-order valence-electron chi connectivity index (χ0n) is 18.0. The molecule has 4 aromatic rings. The molecule has 10 heteroatoms. The van der Waals surface area contributed by atoms with Gasteiger partial charge in [-0.15, -0.1) is 0 Å². The van der Waals surface area contributed by atoms with Crippen LogP contribution in [0.25, 0.3) is 0 Å². The van der Waals surface area contributed by atoms with E-state index in [9.17, 15) is 18.4 Å². The van der Waals surface area contributed by atoms with Gasteiger partial charge in [0.2, 0.25) is 0 Å². The van der Waals surface area contributed by atoms with Gasteiger partial charge in [-0.25, -0.2) is 8.78 Å². The van der Waals surface area contributed by atoms with Crippen molar-refractivity contribution >= 4 is 17.5 Å². The Hall–Kier alpha value is -4.47. The highest BCUT2D eigenvalue weighted by atomic mass is 19.1. The predicted octanol–water partition coefficient (Wildman–Crippen LogP) is 4.05. The summed E-state index contributed by atoms with van der Waals surface area (Å²) in [4.78, 5) is 25.5. The number of halogens is 2. The number of amides is 2. The van der Waals surface area contributed by atoms with Gasteiger partial charge in [0, 0.05) is 18.7 Å². The number of aryl methyl sites for hydroxylation is 1. The van der Waals surface area contributed by atoms with Crippen molar-refractivity contribution in [2.45, 2.75) is 13.2 Å². The number of carbonyl (C=O) groups excluding carboxylic acids is 2. The molecule has 2 amide bonds. The number of nitrogens with one attached hydrogen (secondary N) is 2. The van der Waals surface area contributed by atoms with Gasteiger partial charge in [0.25, 0.3) is 11.8 Å². The smallest absolute Gasteiger partial charge is 0.272 e. The first-order chi connectivity index (χ1) is 16.4. The van der Waals surface area contributed by atoms with Crippen LogP contribution < -0.4 is 15.4 Å². The van der Waals surface area contributed by atoms with Crippen molar-refractivity contribution in [2.24, 2.45) is 7.05 Å². The Bertz CT molecular complexity index is 1320. The number of aromatic nitrogens is 2. The van der Waals surface area contributed by atoms with Gasteiger partial charge in [0.1, 0.15) is 23.9 Å². The molecule has 4 rings (SSSR count). The van der Waals surface area contributed by atoms with Crippen LogP contribution >= 0.6 is 0 Å². The molecule has 0 fully saturated rings. The quantitative estimate of drug-likeness (QED) is 0.408. The van der Waals surface area contributed by atoms with Crippen LogP contribution in [0.2, 0.25) is 0 Å². The number of carbonyl (C=O) groups is 2. The summed E-state index contributed by atoms with van der Waals surface area (Å²) in [5.41, 5.74) is 1.30. The standard InChI is InChI=1S/C24H20F2N4O4/c1-30-22(24(32)27-12-18-6-3-9-33-18)20(13-28-30)29-23(31)16-5-2-4-15(10-16)14-34-21-8-7-17(25)11-19(21)26/h2-11,13H,12,14H2,1H3,(H,27,32)(H,29,31). The van der Waals surface area contributed by atoms with E-state index in [1.807, 2.05) is 0 Å². The SMILES string of the molecule is Cn1ncc(NC(=O)c2cccc(COc3ccc(F)cc3F)c2)c1C(=O)NCc1ccco1. The molecule has 0 spiro atoms. The Morgan fingerprint density at radius 2 is 1.94 bits per heavy atom. The molecule has 0 atom stereocenters. The van der Waals surface area contributed by atoms with E-state index < -0.39 is 23.4 Å². The molecule has 0 saturated heterocycles. The van der Waals surface area contributed by atoms with Crippen LogP contribution in [0.3, 0.4) is 0 Å². The summed E-state index contributed by atoms with van der Waals surface area (Å²) in [6, 6.07) is 13.0. The largest absolute Gasteiger partial charge is 0.486 e. The summed E-state index contributed by atoms with van der Waals surface area (Å²) in [6.45, 7) is 0.151. The van der Waals surface area contributed by atoms with Gasteiger partial charge in [-0.3, -0.25) is 14.3 Å². The lowest BCUT2D eigenvalue weighted by Gasteiger charge is -2.10. The summed E-state index contributed by atoms with van der Waals surface area (Å²) in [5, 5.41) is 9.46. The Balaban J connectivity index is 1.42. The molecule has 0 aliphatic carbocycles. The van der Waals surface area contributed by atoms with E-state index in [1.165, 1.54) is 23.2 Å². The minimum Gasteiger partial charge on any atom is -0.486 e. The molecule has 2 heterocycles. The highest BCUT2D eigenvalue weighted by molar-refractivity contribution is 6.08. The third-order valence-electron chi connectivity index (χ3n) is 4.88. The lowest BCUT2D eigenvalue weighted by Crippen LogP contribution is -2.26. The average molecular weight is 466 g/mol. The van der Waals surface area contributed by atoms with E-state index in [1.54, 1.807) is 43.4 Å². The summed E-state index contributed by atoms with van der Waals surface area (Å²) in [7, 11) is 1.59. The topological polar surface area (TPSA) is 98.4 Å². The van der Waals surface area contributed by atoms with E-state index in [2.05, 4.69) is 15.7 Å². The maximum atomic E-state index is 13.8. The highest BCUT2D eigenvalue weighted by Crippen LogP contribution is 2.20. The Morgan fingerprint density at radius 1 is 1.09 bits per heavy atom. The molecule has 0 unspecified atom stereocenters. The van der Waals surface area contributed by atoms with Crippen molar-refractivity contribution < 1.29 is 27.5 Å². The fourth-order valence-electron chi connectivity index (χ4n) is 3.21. The van der Waals surface area contributed by atoms with Crippen LogP contribution in [0, 0.1) is 11.6 Å². The maximum Gasteiger partial charge on any atom is 0.272 e. The zero-order valence-corrected chi connectivity index (χ0v) is 18.0. The van der Waals surface area contributed by atoms with Crippen LogP contribution in [0.15, 0.2) is 71.5 Å². The van der Waals surface area contributed by atoms with Gasteiger partial charge < -0.3 is 19.8 Å². The van der Waals surface area contributed by atoms with Gasteiger partial charge in [-0.05, 0) is 42.0 Å². The lowest BCUT2D eigenvalue weighted by atomic mass is 10.1. The maximum absolute atomic E-state index is 13.8. The number of furan rings is 1. The van der Waals surface area contributed by atoms with Gasteiger partial charge in [0.15, 0.2) is 11.6 Å². The normalized spacial score (nSPS) is 10.7. The van der Waals surface area contributed by atoms with E-state index in [0.717, 1.165) is 12.1 Å². The third kappa shape index (κ3) is 5.29. The number of hydrogen-bond donors (Lipinski definition) is 2. The molecule has 2 aromatic carbocycles. The predicted molar refractivity (Wildman–Crippen MR) is 118 cm³/mol. The number of nitrogens with zero attached hydrogens (tertiary/aromatic N) is 2. The lowest BCUT2D eigenvalue weighted by molar-refractivity contribution is 0.0939. The summed E-state index contributed by atoms with van der Waals surface area (Å²) >= 11 is 0. The Labute approximate surface area is 193 Å². The third-order valence-corrected chi connectivity index (χ3v) is 4.88. The Morgan fingerprint density at radius 3 is 2.71 bits per heavy atom. The van der Waals surface area contributed by atoms with E-state index in [-0.39, 0.29) is 30.3 Å². The van der Waals surface area contributed by atoms with Crippen molar-refractivity contribution in [3.05, 3.63) is 101 Å². The molecule has 34 heavy (non-hydrogen) atoms. The molecule has 0 saturated carbocycles. The van der Waals surface area contributed by atoms with Crippen molar-refractivity contribution in [2.75, 3.05) is 5.32 Å². The summed E-state index contributed by atoms with van der Waals surface area (Å²) in [6.07, 6.45) is 2.89. The first-order valence-corrected chi connectivity index (χ1v) is 10.2. The van der Waals surface area contributed by atoms with Gasteiger partial charge in [0.05, 0.1) is 24.7 Å². The van der Waals surface area contributed by atoms with Crippen molar-refractivity contribution in [1.82, 2.24) is 15.1 Å². The highest BCUT2D eigenvalue weighted by Gasteiger charge is 2.19. The van der Waals surface area contributed by atoms with Gasteiger partial charge in [-0.1, -0.05) is 12.1 Å². The number of rotatable bonds is 8. The van der Waals surface area contributed by atoms with Gasteiger partial charge >= 0.3 is 0 Å². The fourth-order valence-corrected chi connectivity index (χ4v) is 3.21. The minimum atomic E-state index is -0.816. The monoisotopic (exact) mass is 466 g/mol. The zero-order chi connectivity index (χ0) is 24.1. The van der Waals surface area contributed by atoms with E-state index in [0.29, 0.717) is 16.9 Å². The molecule has 174 valence electrons. The second-order valence-electron chi connectivity index (χ2n) is 7.31. The van der Waals surface area contributed by atoms with Crippen LogP contribution in [-0.2, 0) is 20.2 Å². The van der Waals surface area contributed by atoms with Crippen molar-refractivity contribution in [3.63, 3.8) is 0 Å². The van der Waals surface area contributed by atoms with Crippen molar-refractivity contribution in [3.8, 4) is 5.75 Å². The molecule has 2 aromatic heterocycles. The van der Waals surface area contributed by atoms with Crippen LogP contribution in [0.5, 0.6) is 5.75 Å². The molecule has 8 nitrogen and oxygen atoms in total. The number of hydrogen-bond acceptors (Lipinski definition) is 5. The Kier molecular flexibility index (Phi) is 6.67. The number of benzene rings is 2. The van der Waals surface area contributed by atoms with E-state index >= 15 is 0 Å². The first kappa shape index (κ1) is 22.7. The molecule has 0 aliphatic rings. The fraction of sp³-hybridized carbons (Fsp3) is 0.125. The summed E-state index contributed by atoms with van der Waals surface area (Å²) < 4.78 is 38.8. The molecular formula is C24H20F2N4O4. The van der Waals surface area contributed by atoms with Crippen molar-refractivity contribution in [1.29, 1.82) is 0 Å². The molecule has 2 N–H and O–H groups in total. The number of ether oxygens (including phenoxy) is 1. The minimum absolute atomic E-state index is 0.0308. The molecule has 0 bridgehead atoms. The van der Waals surface area contributed by atoms with E-state index in [4.69, 9.17) is 9.15 Å². The summed E-state index contributed by atoms with van der Waals surface area (Å²) in [5.74, 6) is -1.94. The van der Waals surface area contributed by atoms with Gasteiger partial charge in [-0.2, -0.15) is 5.10 Å². The molecule has 0 radical (unpaired) electrons. The van der Waals surface area contributed by atoms with Crippen LogP contribution in [-0.4, -0.2) is 21.6 Å². The molecular weight excluding hydrogens is 446 g/mol. The second-order valence-corrected chi connectivity index (χ2v) is 7.31. The number of anilines is 1. The first-order valence-electron chi connectivity index (χ1n) is 10.2. The average Bonchev–Trinajstić information content (AvgIpc) is 3.47. The molecule has 0 aliphatic heterocycles. The second kappa shape index (κ2) is 9.99. The van der Waals surface area contributed by atoms with Crippen LogP contribution in [0.4, 0.5) is 14.5 Å².